The van der Waals surface area contributed by atoms with Crippen LogP contribution in [-0.4, -0.2) is 41.5 Å². The molecule has 18 nitrogen and oxygen atoms in total. The van der Waals surface area contributed by atoms with E-state index in [1.54, 1.807) is 48.5 Å². The fourth-order valence-electron chi connectivity index (χ4n) is 5.02. The van der Waals surface area contributed by atoms with Crippen LogP contribution in [0.25, 0.3) is 32.4 Å². The second-order valence-electron chi connectivity index (χ2n) is 10.9. The third-order valence-electron chi connectivity index (χ3n) is 7.44. The van der Waals surface area contributed by atoms with E-state index in [0.717, 1.165) is 23.3 Å². The molecule has 0 aliphatic heterocycles. The van der Waals surface area contributed by atoms with Gasteiger partial charge in [0.15, 0.2) is 0 Å². The van der Waals surface area contributed by atoms with Gasteiger partial charge in [0.25, 0.3) is 22.7 Å². The maximum atomic E-state index is 12.6. The number of nitro benzene ring substituents is 4. The van der Waals surface area contributed by atoms with Crippen LogP contribution < -0.4 is 0 Å². The number of fused-ring (bicyclic) bond motifs is 2. The second-order valence-corrected chi connectivity index (χ2v) is 10.9. The molecule has 0 unspecified atom stereocenters. The van der Waals surface area contributed by atoms with E-state index in [4.69, 9.17) is 0 Å². The summed E-state index contributed by atoms with van der Waals surface area (Å²) in [6, 6.07) is 20.6. The zero-order valence-electron chi connectivity index (χ0n) is 27.2. The van der Waals surface area contributed by atoms with Crippen molar-refractivity contribution in [2.24, 2.45) is 0 Å². The van der Waals surface area contributed by atoms with Crippen molar-refractivity contribution in [3.63, 3.8) is 0 Å². The Morgan fingerprint density at radius 1 is 0.528 bits per heavy atom. The van der Waals surface area contributed by atoms with Crippen molar-refractivity contribution in [2.45, 2.75) is 13.8 Å². The largest absolute Gasteiger partial charge is 2.00 e. The molecule has 19 heteroatoms. The first-order valence-corrected chi connectivity index (χ1v) is 14.8. The van der Waals surface area contributed by atoms with E-state index in [1.165, 1.54) is 36.7 Å². The molecule has 0 saturated carbocycles. The summed E-state index contributed by atoms with van der Waals surface area (Å²) in [6.45, 7) is 3.73. The van der Waals surface area contributed by atoms with Gasteiger partial charge in [-0.15, -0.1) is 11.4 Å². The number of carbonyl (C=O) groups is 2. The van der Waals surface area contributed by atoms with Gasteiger partial charge in [-0.3, -0.25) is 50.4 Å². The Balaban J connectivity index is 0.000000232. The number of hydrogen-bond acceptors (Lipinski definition) is 12. The first-order chi connectivity index (χ1) is 24.8. The monoisotopic (exact) mass is 760 g/mol. The molecule has 268 valence electrons. The van der Waals surface area contributed by atoms with E-state index < -0.39 is 54.3 Å². The Kier molecular flexibility index (Phi) is 11.8. The Labute approximate surface area is 307 Å². The summed E-state index contributed by atoms with van der Waals surface area (Å²) in [5.74, 6) is -1.78. The molecule has 0 atom stereocenters. The smallest absolute Gasteiger partial charge is 0.622 e. The Morgan fingerprint density at radius 2 is 0.849 bits per heavy atom. The number of carbonyl (C=O) groups excluding carboxylic acids is 2. The van der Waals surface area contributed by atoms with Crippen LogP contribution in [0.2, 0.25) is 0 Å². The van der Waals surface area contributed by atoms with E-state index in [2.05, 4.69) is 20.6 Å². The summed E-state index contributed by atoms with van der Waals surface area (Å²) in [5, 5.41) is 53.1. The molecule has 6 aromatic rings. The van der Waals surface area contributed by atoms with Crippen molar-refractivity contribution in [3.8, 4) is 0 Å². The van der Waals surface area contributed by atoms with Gasteiger partial charge in [-0.05, 0) is 38.1 Å². The van der Waals surface area contributed by atoms with Crippen LogP contribution in [-0.2, 0) is 16.5 Å². The quantitative estimate of drug-likeness (QED) is 0.0804. The summed E-state index contributed by atoms with van der Waals surface area (Å²) in [4.78, 5) is 75.3. The van der Waals surface area contributed by atoms with Gasteiger partial charge in [-0.1, -0.05) is 59.7 Å². The van der Waals surface area contributed by atoms with Gasteiger partial charge in [0.1, 0.15) is 11.1 Å². The van der Waals surface area contributed by atoms with Crippen molar-refractivity contribution in [1.82, 2.24) is 9.97 Å². The molecule has 0 spiro atoms. The number of aryl methyl sites for hydroxylation is 2. The first kappa shape index (κ1) is 38.5. The normalized spacial score (nSPS) is 10.3. The van der Waals surface area contributed by atoms with E-state index in [1.807, 2.05) is 13.8 Å². The standard InChI is InChI=1S/2C17H12N4O5.Ni/c2*1-10-4-6-11(7-5-10)19-17(22)15-14(21(25)26)9-13(20(23)24)12-3-2-8-18-16(12)15;/h2*2-9H,1H3,(H,19,22);/q;;+2/p-2. The van der Waals surface area contributed by atoms with Crippen LogP contribution in [0.15, 0.2) is 97.3 Å². The zero-order chi connectivity index (χ0) is 37.7. The van der Waals surface area contributed by atoms with Crippen molar-refractivity contribution in [3.05, 3.63) is 171 Å². The minimum Gasteiger partial charge on any atom is -0.622 e. The molecule has 2 heterocycles. The molecule has 4 aromatic carbocycles. The fraction of sp³-hybridized carbons (Fsp3) is 0.0588. The third kappa shape index (κ3) is 8.38. The van der Waals surface area contributed by atoms with Crippen LogP contribution in [0.3, 0.4) is 0 Å². The summed E-state index contributed by atoms with van der Waals surface area (Å²) in [5.41, 5.74) is -0.854. The van der Waals surface area contributed by atoms with Crippen molar-refractivity contribution in [2.75, 3.05) is 0 Å². The van der Waals surface area contributed by atoms with Gasteiger partial charge >= 0.3 is 16.5 Å². The predicted octanol–water partition coefficient (Wildman–Crippen LogP) is 8.41. The molecule has 53 heavy (non-hydrogen) atoms. The molecular weight excluding hydrogens is 739 g/mol. The predicted molar refractivity (Wildman–Crippen MR) is 187 cm³/mol. The minimum absolute atomic E-state index is 0. The number of nitro groups is 4. The maximum Gasteiger partial charge on any atom is 2.00 e. The number of nitrogens with zero attached hydrogens (tertiary/aromatic N) is 8. The Hall–Kier alpha value is -7.27. The van der Waals surface area contributed by atoms with Crippen LogP contribution >= 0.6 is 0 Å². The summed E-state index contributed by atoms with van der Waals surface area (Å²) in [6.07, 6.45) is 2.61. The van der Waals surface area contributed by atoms with Crippen LogP contribution in [0.1, 0.15) is 31.8 Å². The van der Waals surface area contributed by atoms with E-state index in [0.29, 0.717) is 11.4 Å². The summed E-state index contributed by atoms with van der Waals surface area (Å²) < 4.78 is 0. The van der Waals surface area contributed by atoms with E-state index in [-0.39, 0.29) is 49.4 Å². The van der Waals surface area contributed by atoms with E-state index in [9.17, 15) is 50.0 Å². The first-order valence-electron chi connectivity index (χ1n) is 14.8. The van der Waals surface area contributed by atoms with Crippen LogP contribution in [0, 0.1) is 54.3 Å². The van der Waals surface area contributed by atoms with Gasteiger partial charge in [-0.2, -0.15) is 0 Å². The number of rotatable bonds is 8. The molecule has 0 saturated heterocycles. The number of non-ortho nitro benzene ring substituents is 2. The number of aromatic nitrogens is 2. The van der Waals surface area contributed by atoms with Gasteiger partial charge in [0.05, 0.1) is 65.4 Å². The van der Waals surface area contributed by atoms with Crippen molar-refractivity contribution < 1.29 is 45.8 Å². The molecule has 6 rings (SSSR count). The number of benzene rings is 4. The van der Waals surface area contributed by atoms with Gasteiger partial charge in [-0.25, -0.2) is 0 Å². The second kappa shape index (κ2) is 16.2. The zero-order valence-corrected chi connectivity index (χ0v) is 28.2. The van der Waals surface area contributed by atoms with Gasteiger partial charge < -0.3 is 20.2 Å². The number of pyridine rings is 2. The maximum absolute atomic E-state index is 12.6. The number of hydrogen-bond donors (Lipinski definition) is 0. The molecule has 0 aliphatic rings. The van der Waals surface area contributed by atoms with E-state index >= 15 is 0 Å². The molecule has 0 N–H and O–H groups in total. The van der Waals surface area contributed by atoms with Gasteiger partial charge in [0.2, 0.25) is 0 Å². The molecule has 0 aliphatic carbocycles. The average Bonchev–Trinajstić information content (AvgIpc) is 3.11. The fourth-order valence-corrected chi connectivity index (χ4v) is 5.02. The van der Waals surface area contributed by atoms with Crippen molar-refractivity contribution in [1.29, 1.82) is 0 Å². The molecule has 0 radical (unpaired) electrons. The molecular formula is C34H22N8NiO10. The summed E-state index contributed by atoms with van der Waals surface area (Å²) in [7, 11) is 0. The molecule has 2 aromatic heterocycles. The SMILES string of the molecule is Cc1ccc([N-]C(=O)c2c([N+](=O)[O-])cc([N+](=O)[O-])c3cccnc23)cc1.Cc1ccc([N-]C(=O)c2c([N+](=O)[O-])cc([N+](=O)[O-])c3cccnc23)cc1.[Ni+2]. The van der Waals surface area contributed by atoms with Crippen LogP contribution in [0.4, 0.5) is 34.1 Å². The topological polar surface area (TPSA) is 261 Å². The Bertz CT molecular complexity index is 2270. The molecule has 2 amide bonds. The summed E-state index contributed by atoms with van der Waals surface area (Å²) >= 11 is 0. The Morgan fingerprint density at radius 3 is 1.15 bits per heavy atom. The number of amides is 2. The minimum atomic E-state index is -0.890. The molecule has 0 fully saturated rings. The van der Waals surface area contributed by atoms with Crippen LogP contribution in [0.5, 0.6) is 0 Å². The van der Waals surface area contributed by atoms with Gasteiger partial charge in [0, 0.05) is 12.4 Å². The average molecular weight is 761 g/mol. The third-order valence-corrected chi connectivity index (χ3v) is 7.44. The van der Waals surface area contributed by atoms with Crippen molar-refractivity contribution >= 4 is 67.7 Å². The molecule has 0 bridgehead atoms.